The largest absolute Gasteiger partial charge is 0.361 e. The summed E-state index contributed by atoms with van der Waals surface area (Å²) in [5.74, 6) is 0.225. The number of rotatable bonds is 6. The average Bonchev–Trinajstić information content (AvgIpc) is 3.05. The van der Waals surface area contributed by atoms with E-state index in [0.717, 1.165) is 11.1 Å². The lowest BCUT2D eigenvalue weighted by Crippen LogP contribution is -2.14. The molecular weight excluding hydrogens is 366 g/mol. The van der Waals surface area contributed by atoms with Crippen LogP contribution in [0.25, 0.3) is 17.1 Å². The molecule has 0 saturated heterocycles. The lowest BCUT2D eigenvalue weighted by atomic mass is 10.0. The Bertz CT molecular complexity index is 1090. The van der Waals surface area contributed by atoms with E-state index in [2.05, 4.69) is 10.1 Å². The standard InChI is InChI=1S/C19H19N3O4S/c1-4-27(24,25)26-19-12-17(21-22(19)18-7-5-6-10-20-18)16-11-15(14(3)23)9-8-13(16)2/h5-12H,4H2,1-3H3. The molecule has 0 amide bonds. The van der Waals surface area contributed by atoms with Gasteiger partial charge in [-0.15, -0.1) is 0 Å². The van der Waals surface area contributed by atoms with Gasteiger partial charge in [-0.05, 0) is 44.5 Å². The van der Waals surface area contributed by atoms with Crippen LogP contribution in [-0.4, -0.2) is 34.7 Å². The molecule has 0 atom stereocenters. The van der Waals surface area contributed by atoms with E-state index >= 15 is 0 Å². The third kappa shape index (κ3) is 4.06. The van der Waals surface area contributed by atoms with Crippen LogP contribution in [0, 0.1) is 6.92 Å². The van der Waals surface area contributed by atoms with Crippen molar-refractivity contribution in [2.45, 2.75) is 20.8 Å². The first-order valence-electron chi connectivity index (χ1n) is 8.36. The van der Waals surface area contributed by atoms with Gasteiger partial charge in [0, 0.05) is 23.4 Å². The van der Waals surface area contributed by atoms with Gasteiger partial charge in [0.05, 0.1) is 11.4 Å². The molecule has 8 heteroatoms. The van der Waals surface area contributed by atoms with E-state index < -0.39 is 10.1 Å². The highest BCUT2D eigenvalue weighted by Gasteiger charge is 2.20. The van der Waals surface area contributed by atoms with Crippen LogP contribution in [0.15, 0.2) is 48.7 Å². The summed E-state index contributed by atoms with van der Waals surface area (Å²) in [5.41, 5.74) is 2.65. The normalized spacial score (nSPS) is 11.4. The van der Waals surface area contributed by atoms with E-state index in [9.17, 15) is 13.2 Å². The predicted octanol–water partition coefficient (Wildman–Crippen LogP) is 3.17. The molecule has 0 fully saturated rings. The molecule has 3 rings (SSSR count). The van der Waals surface area contributed by atoms with Gasteiger partial charge in [0.15, 0.2) is 11.6 Å². The fraction of sp³-hybridized carbons (Fsp3) is 0.211. The van der Waals surface area contributed by atoms with Crippen LogP contribution in [0.2, 0.25) is 0 Å². The molecule has 7 nitrogen and oxygen atoms in total. The van der Waals surface area contributed by atoms with Gasteiger partial charge in [-0.1, -0.05) is 18.2 Å². The van der Waals surface area contributed by atoms with Crippen LogP contribution in [-0.2, 0) is 10.1 Å². The molecule has 0 spiro atoms. The van der Waals surface area contributed by atoms with Gasteiger partial charge in [0.1, 0.15) is 0 Å². The summed E-state index contributed by atoms with van der Waals surface area (Å²) in [4.78, 5) is 15.9. The fourth-order valence-corrected chi connectivity index (χ4v) is 3.00. The zero-order chi connectivity index (χ0) is 19.6. The molecule has 0 aliphatic carbocycles. The third-order valence-electron chi connectivity index (χ3n) is 4.03. The van der Waals surface area contributed by atoms with Crippen molar-refractivity contribution in [2.24, 2.45) is 0 Å². The van der Waals surface area contributed by atoms with Gasteiger partial charge < -0.3 is 4.18 Å². The van der Waals surface area contributed by atoms with Gasteiger partial charge in [-0.25, -0.2) is 4.98 Å². The Morgan fingerprint density at radius 2 is 1.96 bits per heavy atom. The molecule has 0 aliphatic heterocycles. The lowest BCUT2D eigenvalue weighted by Gasteiger charge is -2.07. The van der Waals surface area contributed by atoms with E-state index in [1.807, 2.05) is 13.0 Å². The fourth-order valence-electron chi connectivity index (χ4n) is 2.50. The Kier molecular flexibility index (Phi) is 5.09. The number of pyridine rings is 1. The van der Waals surface area contributed by atoms with E-state index in [1.165, 1.54) is 24.6 Å². The van der Waals surface area contributed by atoms with Gasteiger partial charge in [-0.3, -0.25) is 4.79 Å². The minimum atomic E-state index is -3.75. The molecule has 0 unspecified atom stereocenters. The summed E-state index contributed by atoms with van der Waals surface area (Å²) in [7, 11) is -3.75. The van der Waals surface area contributed by atoms with Crippen LogP contribution < -0.4 is 4.18 Å². The molecule has 2 heterocycles. The monoisotopic (exact) mass is 385 g/mol. The Morgan fingerprint density at radius 3 is 2.59 bits per heavy atom. The molecule has 0 aliphatic rings. The second kappa shape index (κ2) is 7.32. The summed E-state index contributed by atoms with van der Waals surface area (Å²) >= 11 is 0. The number of Topliss-reactive ketones (excluding diaryl/α,β-unsaturated/α-hetero) is 1. The molecule has 1 aromatic carbocycles. The molecule has 0 bridgehead atoms. The van der Waals surface area contributed by atoms with Crippen LogP contribution in [0.5, 0.6) is 5.88 Å². The minimum absolute atomic E-state index is 0.0400. The Labute approximate surface area is 157 Å². The highest BCUT2D eigenvalue weighted by atomic mass is 32.2. The smallest absolute Gasteiger partial charge is 0.310 e. The van der Waals surface area contributed by atoms with Crippen LogP contribution in [0.4, 0.5) is 0 Å². The SMILES string of the molecule is CCS(=O)(=O)Oc1cc(-c2cc(C(C)=O)ccc2C)nn1-c1ccccn1. The summed E-state index contributed by atoms with van der Waals surface area (Å²) in [5, 5.41) is 4.48. The van der Waals surface area contributed by atoms with Crippen LogP contribution in [0.1, 0.15) is 29.8 Å². The van der Waals surface area contributed by atoms with E-state index in [0.29, 0.717) is 17.1 Å². The van der Waals surface area contributed by atoms with Crippen molar-refractivity contribution in [3.63, 3.8) is 0 Å². The van der Waals surface area contributed by atoms with Gasteiger partial charge >= 0.3 is 10.1 Å². The Balaban J connectivity index is 2.17. The summed E-state index contributed by atoms with van der Waals surface area (Å²) in [6.07, 6.45) is 1.58. The molecular formula is C19H19N3O4S. The van der Waals surface area contributed by atoms with Gasteiger partial charge in [-0.2, -0.15) is 18.2 Å². The maximum absolute atomic E-state index is 12.0. The number of ketones is 1. The topological polar surface area (TPSA) is 91.2 Å². The zero-order valence-electron chi connectivity index (χ0n) is 15.2. The number of hydrogen-bond donors (Lipinski definition) is 0. The van der Waals surface area contributed by atoms with Crippen molar-refractivity contribution in [3.05, 3.63) is 59.8 Å². The number of aromatic nitrogens is 3. The number of nitrogens with zero attached hydrogens (tertiary/aromatic N) is 3. The van der Waals surface area contributed by atoms with Crippen molar-refractivity contribution in [2.75, 3.05) is 5.75 Å². The quantitative estimate of drug-likeness (QED) is 0.478. The number of benzene rings is 1. The molecule has 27 heavy (non-hydrogen) atoms. The average molecular weight is 385 g/mol. The van der Waals surface area contributed by atoms with Crippen molar-refractivity contribution in [1.29, 1.82) is 0 Å². The first-order chi connectivity index (χ1) is 12.8. The third-order valence-corrected chi connectivity index (χ3v) is 5.16. The number of carbonyl (C=O) groups excluding carboxylic acids is 1. The Morgan fingerprint density at radius 1 is 1.19 bits per heavy atom. The highest BCUT2D eigenvalue weighted by molar-refractivity contribution is 7.87. The molecule has 0 saturated carbocycles. The van der Waals surface area contributed by atoms with E-state index in [1.54, 1.807) is 36.5 Å². The number of carbonyl (C=O) groups is 1. The van der Waals surface area contributed by atoms with Crippen molar-refractivity contribution < 1.29 is 17.4 Å². The number of aryl methyl sites for hydroxylation is 1. The van der Waals surface area contributed by atoms with Gasteiger partial charge in [0.25, 0.3) is 0 Å². The first-order valence-corrected chi connectivity index (χ1v) is 9.94. The van der Waals surface area contributed by atoms with Crippen molar-refractivity contribution in [3.8, 4) is 23.0 Å². The molecule has 2 aromatic heterocycles. The van der Waals surface area contributed by atoms with Crippen LogP contribution >= 0.6 is 0 Å². The Hall–Kier alpha value is -3.00. The second-order valence-corrected chi connectivity index (χ2v) is 7.84. The van der Waals surface area contributed by atoms with Gasteiger partial charge in [0.2, 0.25) is 5.88 Å². The highest BCUT2D eigenvalue weighted by Crippen LogP contribution is 2.29. The molecule has 3 aromatic rings. The van der Waals surface area contributed by atoms with E-state index in [-0.39, 0.29) is 17.4 Å². The predicted molar refractivity (Wildman–Crippen MR) is 102 cm³/mol. The summed E-state index contributed by atoms with van der Waals surface area (Å²) < 4.78 is 30.5. The summed E-state index contributed by atoms with van der Waals surface area (Å²) in [6.45, 7) is 4.88. The second-order valence-electron chi connectivity index (χ2n) is 5.98. The zero-order valence-corrected chi connectivity index (χ0v) is 16.0. The molecule has 0 radical (unpaired) electrons. The van der Waals surface area contributed by atoms with Crippen molar-refractivity contribution >= 4 is 15.9 Å². The first kappa shape index (κ1) is 18.8. The maximum atomic E-state index is 12.0. The van der Waals surface area contributed by atoms with E-state index in [4.69, 9.17) is 4.18 Å². The van der Waals surface area contributed by atoms with Crippen molar-refractivity contribution in [1.82, 2.24) is 14.8 Å². The summed E-state index contributed by atoms with van der Waals surface area (Å²) in [6, 6.07) is 12.1. The van der Waals surface area contributed by atoms with Crippen LogP contribution in [0.3, 0.4) is 0 Å². The number of hydrogen-bond acceptors (Lipinski definition) is 6. The lowest BCUT2D eigenvalue weighted by molar-refractivity contribution is 0.101. The molecule has 0 N–H and O–H groups in total. The maximum Gasteiger partial charge on any atom is 0.310 e. The minimum Gasteiger partial charge on any atom is -0.361 e. The molecule has 140 valence electrons.